The van der Waals surface area contributed by atoms with Gasteiger partial charge in [-0.05, 0) is 30.2 Å². The van der Waals surface area contributed by atoms with E-state index in [0.29, 0.717) is 16.9 Å². The van der Waals surface area contributed by atoms with Gasteiger partial charge in [-0.1, -0.05) is 0 Å². The maximum atomic E-state index is 10.5. The fourth-order valence-electron chi connectivity index (χ4n) is 1.08. The van der Waals surface area contributed by atoms with Gasteiger partial charge in [0.25, 0.3) is 10.1 Å². The molecule has 0 saturated heterocycles. The molecule has 0 aliphatic rings. The third kappa shape index (κ3) is 3.23. The van der Waals surface area contributed by atoms with Crippen molar-refractivity contribution in [1.82, 2.24) is 0 Å². The molecule has 5 N–H and O–H groups in total. The molecule has 0 aliphatic carbocycles. The van der Waals surface area contributed by atoms with Crippen LogP contribution in [0.4, 0.5) is 11.4 Å². The molecule has 14 heavy (non-hydrogen) atoms. The molecule has 0 aliphatic heterocycles. The average molecular weight is 216 g/mol. The molecule has 0 saturated carbocycles. The van der Waals surface area contributed by atoms with E-state index in [1.54, 1.807) is 18.2 Å². The zero-order chi connectivity index (χ0) is 10.8. The Morgan fingerprint density at radius 1 is 1.29 bits per heavy atom. The van der Waals surface area contributed by atoms with Gasteiger partial charge in [-0.3, -0.25) is 4.55 Å². The molecule has 0 atom stereocenters. The summed E-state index contributed by atoms with van der Waals surface area (Å²) < 4.78 is 29.5. The predicted molar refractivity (Wildman–Crippen MR) is 55.4 cm³/mol. The van der Waals surface area contributed by atoms with Crippen molar-refractivity contribution in [2.75, 3.05) is 17.2 Å². The number of rotatable bonds is 3. The minimum atomic E-state index is -3.95. The van der Waals surface area contributed by atoms with Crippen molar-refractivity contribution in [1.29, 1.82) is 0 Å². The second-order valence-electron chi connectivity index (χ2n) is 2.99. The summed E-state index contributed by atoms with van der Waals surface area (Å²) in [7, 11) is -3.95. The number of nitrogens with two attached hydrogens (primary N) is 2. The number of aryl methyl sites for hydroxylation is 1. The highest BCUT2D eigenvalue weighted by Crippen LogP contribution is 2.16. The van der Waals surface area contributed by atoms with E-state index in [1.807, 2.05) is 0 Å². The van der Waals surface area contributed by atoms with Gasteiger partial charge in [-0.15, -0.1) is 0 Å². The third-order valence-electron chi connectivity index (χ3n) is 1.80. The van der Waals surface area contributed by atoms with Crippen LogP contribution < -0.4 is 11.5 Å². The van der Waals surface area contributed by atoms with E-state index >= 15 is 0 Å². The predicted octanol–water partition coefficient (Wildman–Crippen LogP) is 0.281. The van der Waals surface area contributed by atoms with Crippen molar-refractivity contribution in [3.63, 3.8) is 0 Å². The molecule has 0 fully saturated rings. The Balaban J connectivity index is 2.81. The Kier molecular flexibility index (Phi) is 2.97. The Morgan fingerprint density at radius 2 is 1.93 bits per heavy atom. The highest BCUT2D eigenvalue weighted by molar-refractivity contribution is 7.85. The van der Waals surface area contributed by atoms with Gasteiger partial charge in [0.05, 0.1) is 5.75 Å². The molecule has 0 spiro atoms. The summed E-state index contributed by atoms with van der Waals surface area (Å²) in [6, 6.07) is 4.83. The van der Waals surface area contributed by atoms with Crippen molar-refractivity contribution >= 4 is 21.5 Å². The summed E-state index contributed by atoms with van der Waals surface area (Å²) >= 11 is 0. The second-order valence-corrected chi connectivity index (χ2v) is 4.57. The van der Waals surface area contributed by atoms with Crippen LogP contribution in [0.15, 0.2) is 18.2 Å². The maximum Gasteiger partial charge on any atom is 0.265 e. The van der Waals surface area contributed by atoms with Crippen molar-refractivity contribution in [2.45, 2.75) is 6.42 Å². The van der Waals surface area contributed by atoms with Crippen molar-refractivity contribution in [3.8, 4) is 0 Å². The molecule has 0 unspecified atom stereocenters. The molecule has 1 aromatic carbocycles. The van der Waals surface area contributed by atoms with Crippen LogP contribution >= 0.6 is 0 Å². The summed E-state index contributed by atoms with van der Waals surface area (Å²) in [5.74, 6) is -0.347. The van der Waals surface area contributed by atoms with Crippen molar-refractivity contribution < 1.29 is 13.0 Å². The van der Waals surface area contributed by atoms with E-state index in [-0.39, 0.29) is 12.2 Å². The molecular formula is C8H12N2O3S. The lowest BCUT2D eigenvalue weighted by Gasteiger charge is -2.05. The summed E-state index contributed by atoms with van der Waals surface area (Å²) in [4.78, 5) is 0. The van der Waals surface area contributed by atoms with E-state index in [4.69, 9.17) is 16.0 Å². The molecule has 0 aromatic heterocycles. The molecule has 0 heterocycles. The van der Waals surface area contributed by atoms with Crippen molar-refractivity contribution in [3.05, 3.63) is 23.8 Å². The number of anilines is 2. The third-order valence-corrected chi connectivity index (χ3v) is 2.52. The lowest BCUT2D eigenvalue weighted by Crippen LogP contribution is -2.08. The Hall–Kier alpha value is -1.27. The standard InChI is InChI=1S/C8H12N2O3S/c9-7-1-2-8(10)6(5-7)3-4-14(11,12)13/h1-2,5H,3-4,9-10H2,(H,11,12,13). The number of nitrogen functional groups attached to an aromatic ring is 2. The molecule has 0 radical (unpaired) electrons. The molecule has 0 amide bonds. The highest BCUT2D eigenvalue weighted by Gasteiger charge is 2.07. The summed E-state index contributed by atoms with van der Waals surface area (Å²) in [6.07, 6.45) is 0.162. The molecular weight excluding hydrogens is 204 g/mol. The smallest absolute Gasteiger partial charge is 0.265 e. The topological polar surface area (TPSA) is 106 Å². The molecule has 6 heteroatoms. The molecule has 1 rings (SSSR count). The van der Waals surface area contributed by atoms with Gasteiger partial charge in [0.1, 0.15) is 0 Å². The van der Waals surface area contributed by atoms with Crippen LogP contribution in [0.2, 0.25) is 0 Å². The molecule has 78 valence electrons. The normalized spacial score (nSPS) is 11.5. The average Bonchev–Trinajstić information content (AvgIpc) is 2.05. The Morgan fingerprint density at radius 3 is 2.50 bits per heavy atom. The van der Waals surface area contributed by atoms with Gasteiger partial charge < -0.3 is 11.5 Å². The zero-order valence-electron chi connectivity index (χ0n) is 7.47. The van der Waals surface area contributed by atoms with Crippen LogP contribution in [0.3, 0.4) is 0 Å². The number of benzene rings is 1. The highest BCUT2D eigenvalue weighted by atomic mass is 32.2. The molecule has 5 nitrogen and oxygen atoms in total. The van der Waals surface area contributed by atoms with Crippen LogP contribution in [0.1, 0.15) is 5.56 Å². The monoisotopic (exact) mass is 216 g/mol. The SMILES string of the molecule is Nc1ccc(N)c(CCS(=O)(=O)O)c1. The quantitative estimate of drug-likeness (QED) is 0.497. The van der Waals surface area contributed by atoms with Crippen LogP contribution in [-0.4, -0.2) is 18.7 Å². The maximum absolute atomic E-state index is 10.5. The van der Waals surface area contributed by atoms with Gasteiger partial charge >= 0.3 is 0 Å². The van der Waals surface area contributed by atoms with Gasteiger partial charge in [-0.2, -0.15) is 8.42 Å². The Labute approximate surface area is 82.5 Å². The summed E-state index contributed by atoms with van der Waals surface area (Å²) in [5.41, 5.74) is 12.7. The van der Waals surface area contributed by atoms with Crippen LogP contribution in [0, 0.1) is 0 Å². The van der Waals surface area contributed by atoms with E-state index in [2.05, 4.69) is 0 Å². The second kappa shape index (κ2) is 3.85. The van der Waals surface area contributed by atoms with Crippen LogP contribution in [0.25, 0.3) is 0 Å². The first-order chi connectivity index (χ1) is 6.38. The number of hydrogen-bond donors (Lipinski definition) is 3. The molecule has 1 aromatic rings. The first-order valence-corrected chi connectivity index (χ1v) is 5.58. The van der Waals surface area contributed by atoms with E-state index in [9.17, 15) is 8.42 Å². The zero-order valence-corrected chi connectivity index (χ0v) is 8.29. The van der Waals surface area contributed by atoms with E-state index in [1.165, 1.54) is 0 Å². The van der Waals surface area contributed by atoms with Gasteiger partial charge in [0, 0.05) is 11.4 Å². The van der Waals surface area contributed by atoms with Gasteiger partial charge in [0.15, 0.2) is 0 Å². The lowest BCUT2D eigenvalue weighted by atomic mass is 10.1. The summed E-state index contributed by atoms with van der Waals surface area (Å²) in [6.45, 7) is 0. The minimum absolute atomic E-state index is 0.162. The fraction of sp³-hybridized carbons (Fsp3) is 0.250. The van der Waals surface area contributed by atoms with Crippen LogP contribution in [-0.2, 0) is 16.5 Å². The first-order valence-electron chi connectivity index (χ1n) is 3.97. The summed E-state index contributed by atoms with van der Waals surface area (Å²) in [5, 5.41) is 0. The van der Waals surface area contributed by atoms with Gasteiger partial charge in [-0.25, -0.2) is 0 Å². The fourth-order valence-corrected chi connectivity index (χ4v) is 1.56. The number of hydrogen-bond acceptors (Lipinski definition) is 4. The van der Waals surface area contributed by atoms with Crippen LogP contribution in [0.5, 0.6) is 0 Å². The Bertz CT molecular complexity index is 428. The van der Waals surface area contributed by atoms with E-state index in [0.717, 1.165) is 0 Å². The van der Waals surface area contributed by atoms with Crippen molar-refractivity contribution in [2.24, 2.45) is 0 Å². The largest absolute Gasteiger partial charge is 0.399 e. The molecule has 0 bridgehead atoms. The minimum Gasteiger partial charge on any atom is -0.399 e. The lowest BCUT2D eigenvalue weighted by molar-refractivity contribution is 0.483. The van der Waals surface area contributed by atoms with E-state index < -0.39 is 10.1 Å². The first kappa shape index (κ1) is 10.8. The van der Waals surface area contributed by atoms with Gasteiger partial charge in [0.2, 0.25) is 0 Å².